The molecule has 3 rings (SSSR count). The number of hydrogen-bond donors (Lipinski definition) is 2. The molecule has 0 radical (unpaired) electrons. The largest absolute Gasteiger partial charge is 0.468 e. The van der Waals surface area contributed by atoms with Crippen LogP contribution in [-0.4, -0.2) is 17.0 Å². The minimum absolute atomic E-state index is 0.244. The molecule has 1 heterocycles. The molecule has 1 aromatic rings. The van der Waals surface area contributed by atoms with Crippen LogP contribution in [0.1, 0.15) is 25.0 Å². The fraction of sp³-hybridized carbons (Fsp3) is 0.583. The van der Waals surface area contributed by atoms with E-state index < -0.39 is 0 Å². The molecular weight excluding hydrogens is 204 g/mol. The van der Waals surface area contributed by atoms with Gasteiger partial charge in [0, 0.05) is 5.92 Å². The lowest BCUT2D eigenvalue weighted by atomic mass is 9.93. The lowest BCUT2D eigenvalue weighted by Crippen LogP contribution is -2.40. The van der Waals surface area contributed by atoms with Crippen molar-refractivity contribution in [3.63, 3.8) is 0 Å². The molecule has 2 fully saturated rings. The number of hydrogen-bond acceptors (Lipinski definition) is 4. The van der Waals surface area contributed by atoms with E-state index in [2.05, 4.69) is 10.5 Å². The van der Waals surface area contributed by atoms with E-state index in [4.69, 9.17) is 9.62 Å². The van der Waals surface area contributed by atoms with Crippen LogP contribution >= 0.6 is 0 Å². The fourth-order valence-electron chi connectivity index (χ4n) is 3.12. The maximum Gasteiger partial charge on any atom is 0.117 e. The maximum absolute atomic E-state index is 9.04. The number of nitrogens with zero attached hydrogens (tertiary/aromatic N) is 1. The van der Waals surface area contributed by atoms with Crippen molar-refractivity contribution in [3.8, 4) is 0 Å². The maximum atomic E-state index is 9.04. The summed E-state index contributed by atoms with van der Waals surface area (Å²) in [6.07, 6.45) is 5.29. The summed E-state index contributed by atoms with van der Waals surface area (Å²) in [6.45, 7) is 0.708. The SMILES string of the molecule is O/N=C1\[C@H]2CC[C@H](C2)[C@@H]1NCc1ccco1. The molecule has 0 amide bonds. The molecule has 0 unspecified atom stereocenters. The second-order valence-corrected chi connectivity index (χ2v) is 4.73. The summed E-state index contributed by atoms with van der Waals surface area (Å²) in [6, 6.07) is 4.09. The van der Waals surface area contributed by atoms with Crippen molar-refractivity contribution in [2.45, 2.75) is 31.8 Å². The Morgan fingerprint density at radius 1 is 1.50 bits per heavy atom. The normalized spacial score (nSPS) is 35.0. The van der Waals surface area contributed by atoms with Gasteiger partial charge < -0.3 is 14.9 Å². The van der Waals surface area contributed by atoms with E-state index in [1.165, 1.54) is 19.3 Å². The highest BCUT2D eigenvalue weighted by atomic mass is 16.4. The second kappa shape index (κ2) is 3.94. The van der Waals surface area contributed by atoms with Gasteiger partial charge in [-0.05, 0) is 37.3 Å². The molecule has 0 spiro atoms. The van der Waals surface area contributed by atoms with Crippen molar-refractivity contribution in [1.29, 1.82) is 0 Å². The van der Waals surface area contributed by atoms with Crippen LogP contribution in [0, 0.1) is 11.8 Å². The van der Waals surface area contributed by atoms with Gasteiger partial charge in [0.15, 0.2) is 0 Å². The summed E-state index contributed by atoms with van der Waals surface area (Å²) >= 11 is 0. The van der Waals surface area contributed by atoms with Crippen molar-refractivity contribution in [2.24, 2.45) is 17.0 Å². The van der Waals surface area contributed by atoms with Crippen LogP contribution < -0.4 is 5.32 Å². The smallest absolute Gasteiger partial charge is 0.117 e. The number of fused-ring (bicyclic) bond motifs is 2. The Bertz CT molecular complexity index is 386. The standard InChI is InChI=1S/C12H16N2O2/c15-14-12-9-4-3-8(6-9)11(12)13-7-10-2-1-5-16-10/h1-2,5,8-9,11,13,15H,3-4,6-7H2/b14-12+/t8-,9+,11+/m1/s1. The number of nitrogens with one attached hydrogen (secondary N) is 1. The van der Waals surface area contributed by atoms with Crippen LogP contribution in [-0.2, 0) is 6.54 Å². The Kier molecular flexibility index (Phi) is 2.44. The molecule has 2 aliphatic rings. The van der Waals surface area contributed by atoms with Gasteiger partial charge >= 0.3 is 0 Å². The van der Waals surface area contributed by atoms with Crippen molar-refractivity contribution < 1.29 is 9.62 Å². The topological polar surface area (TPSA) is 57.8 Å². The Morgan fingerprint density at radius 2 is 2.44 bits per heavy atom. The summed E-state index contributed by atoms with van der Waals surface area (Å²) < 4.78 is 5.28. The molecule has 2 aliphatic carbocycles. The summed E-state index contributed by atoms with van der Waals surface area (Å²) in [5, 5.41) is 15.9. The highest BCUT2D eigenvalue weighted by Gasteiger charge is 2.45. The first kappa shape index (κ1) is 9.90. The quantitative estimate of drug-likeness (QED) is 0.605. The first-order valence-electron chi connectivity index (χ1n) is 5.86. The van der Waals surface area contributed by atoms with Crippen molar-refractivity contribution >= 4 is 5.71 Å². The van der Waals surface area contributed by atoms with E-state index in [1.807, 2.05) is 12.1 Å². The molecular formula is C12H16N2O2. The summed E-state index contributed by atoms with van der Waals surface area (Å²) in [5.74, 6) is 2.08. The molecule has 1 aromatic heterocycles. The molecule has 0 aromatic carbocycles. The van der Waals surface area contributed by atoms with Crippen molar-refractivity contribution in [1.82, 2.24) is 5.32 Å². The highest BCUT2D eigenvalue weighted by molar-refractivity contribution is 5.94. The van der Waals surface area contributed by atoms with Gasteiger partial charge in [0.05, 0.1) is 24.6 Å². The third kappa shape index (κ3) is 1.53. The van der Waals surface area contributed by atoms with Crippen LogP contribution in [0.4, 0.5) is 0 Å². The van der Waals surface area contributed by atoms with Crippen LogP contribution in [0.25, 0.3) is 0 Å². The van der Waals surface area contributed by atoms with Crippen LogP contribution in [0.5, 0.6) is 0 Å². The number of furan rings is 1. The summed E-state index contributed by atoms with van der Waals surface area (Å²) in [5.41, 5.74) is 0.947. The van der Waals surface area contributed by atoms with Gasteiger partial charge in [-0.25, -0.2) is 0 Å². The molecule has 0 aliphatic heterocycles. The first-order chi connectivity index (χ1) is 7.88. The van der Waals surface area contributed by atoms with Crippen LogP contribution in [0.2, 0.25) is 0 Å². The zero-order chi connectivity index (χ0) is 11.0. The average Bonchev–Trinajstić information content (AvgIpc) is 3.01. The van der Waals surface area contributed by atoms with E-state index in [0.717, 1.165) is 11.5 Å². The third-order valence-corrected chi connectivity index (χ3v) is 3.87. The highest BCUT2D eigenvalue weighted by Crippen LogP contribution is 2.42. The zero-order valence-electron chi connectivity index (χ0n) is 9.10. The van der Waals surface area contributed by atoms with Crippen molar-refractivity contribution in [2.75, 3.05) is 0 Å². The predicted octanol–water partition coefficient (Wildman–Crippen LogP) is 2.00. The monoisotopic (exact) mass is 220 g/mol. The van der Waals surface area contributed by atoms with Crippen LogP contribution in [0.3, 0.4) is 0 Å². The van der Waals surface area contributed by atoms with Gasteiger partial charge in [0.25, 0.3) is 0 Å². The molecule has 16 heavy (non-hydrogen) atoms. The van der Waals surface area contributed by atoms with E-state index in [1.54, 1.807) is 6.26 Å². The number of rotatable bonds is 3. The predicted molar refractivity (Wildman–Crippen MR) is 59.4 cm³/mol. The van der Waals surface area contributed by atoms with Crippen molar-refractivity contribution in [3.05, 3.63) is 24.2 Å². The molecule has 2 saturated carbocycles. The second-order valence-electron chi connectivity index (χ2n) is 4.73. The molecule has 86 valence electrons. The van der Waals surface area contributed by atoms with Gasteiger partial charge in [-0.15, -0.1) is 0 Å². The van der Waals surface area contributed by atoms with Gasteiger partial charge in [-0.3, -0.25) is 0 Å². The zero-order valence-corrected chi connectivity index (χ0v) is 9.10. The average molecular weight is 220 g/mol. The minimum atomic E-state index is 0.244. The Balaban J connectivity index is 1.66. The lowest BCUT2D eigenvalue weighted by molar-refractivity contribution is 0.308. The van der Waals surface area contributed by atoms with E-state index in [-0.39, 0.29) is 6.04 Å². The molecule has 3 atom stereocenters. The minimum Gasteiger partial charge on any atom is -0.468 e. The molecule has 2 bridgehead atoms. The van der Waals surface area contributed by atoms with Gasteiger partial charge in [-0.1, -0.05) is 5.16 Å². The fourth-order valence-corrected chi connectivity index (χ4v) is 3.12. The van der Waals surface area contributed by atoms with E-state index >= 15 is 0 Å². The molecule has 0 saturated heterocycles. The summed E-state index contributed by atoms with van der Waals surface area (Å²) in [4.78, 5) is 0. The first-order valence-corrected chi connectivity index (χ1v) is 5.86. The van der Waals surface area contributed by atoms with E-state index in [9.17, 15) is 0 Å². The molecule has 4 heteroatoms. The van der Waals surface area contributed by atoms with Gasteiger partial charge in [-0.2, -0.15) is 0 Å². The third-order valence-electron chi connectivity index (χ3n) is 3.87. The Labute approximate surface area is 94.3 Å². The lowest BCUT2D eigenvalue weighted by Gasteiger charge is -2.23. The molecule has 4 nitrogen and oxygen atoms in total. The van der Waals surface area contributed by atoms with E-state index in [0.29, 0.717) is 18.4 Å². The molecule has 2 N–H and O–H groups in total. The number of oxime groups is 1. The van der Waals surface area contributed by atoms with Gasteiger partial charge in [0.2, 0.25) is 0 Å². The van der Waals surface area contributed by atoms with Crippen LogP contribution in [0.15, 0.2) is 28.0 Å². The Morgan fingerprint density at radius 3 is 3.19 bits per heavy atom. The Hall–Kier alpha value is -1.29. The van der Waals surface area contributed by atoms with Gasteiger partial charge in [0.1, 0.15) is 5.76 Å². The summed E-state index contributed by atoms with van der Waals surface area (Å²) in [7, 11) is 0.